The molecule has 0 N–H and O–H groups in total. The number of rotatable bonds is 1. The minimum absolute atomic E-state index is 0.855. The topological polar surface area (TPSA) is 0 Å². The summed E-state index contributed by atoms with van der Waals surface area (Å²) in [5.41, 5.74) is 1.29. The molecule has 2 rings (SSSR count). The van der Waals surface area contributed by atoms with E-state index in [4.69, 9.17) is 11.6 Å². The molecule has 2 heterocycles. The predicted molar refractivity (Wildman–Crippen MR) is 68.7 cm³/mol. The van der Waals surface area contributed by atoms with E-state index in [1.807, 2.05) is 19.9 Å². The van der Waals surface area contributed by atoms with E-state index in [0.717, 1.165) is 4.34 Å². The number of hydrogen-bond acceptors (Lipinski definition) is 2. The Balaban J connectivity index is 0.000000461. The number of halogens is 1. The zero-order valence-corrected chi connectivity index (χ0v) is 10.9. The van der Waals surface area contributed by atoms with Gasteiger partial charge < -0.3 is 0 Å². The van der Waals surface area contributed by atoms with Crippen molar-refractivity contribution >= 4 is 34.3 Å². The van der Waals surface area contributed by atoms with Crippen molar-refractivity contribution in [2.45, 2.75) is 20.8 Å². The lowest BCUT2D eigenvalue weighted by molar-refractivity contribution is 1.50. The highest BCUT2D eigenvalue weighted by Gasteiger charge is 2.02. The highest BCUT2D eigenvalue weighted by molar-refractivity contribution is 7.19. The molecular formula is C11H13ClS2. The van der Waals surface area contributed by atoms with Crippen LogP contribution in [0.2, 0.25) is 4.34 Å². The molecule has 76 valence electrons. The fourth-order valence-electron chi connectivity index (χ4n) is 1.04. The van der Waals surface area contributed by atoms with Crippen molar-refractivity contribution in [2.75, 3.05) is 0 Å². The van der Waals surface area contributed by atoms with Crippen LogP contribution in [-0.4, -0.2) is 0 Å². The summed E-state index contributed by atoms with van der Waals surface area (Å²) in [7, 11) is 0. The van der Waals surface area contributed by atoms with Crippen LogP contribution in [0, 0.1) is 6.92 Å². The number of hydrogen-bond donors (Lipinski definition) is 0. The van der Waals surface area contributed by atoms with Gasteiger partial charge in [-0.25, -0.2) is 0 Å². The van der Waals surface area contributed by atoms with Crippen molar-refractivity contribution in [2.24, 2.45) is 0 Å². The monoisotopic (exact) mass is 244 g/mol. The van der Waals surface area contributed by atoms with Gasteiger partial charge in [-0.2, -0.15) is 0 Å². The summed E-state index contributed by atoms with van der Waals surface area (Å²) in [6, 6.07) is 6.19. The van der Waals surface area contributed by atoms with Crippen molar-refractivity contribution in [1.82, 2.24) is 0 Å². The van der Waals surface area contributed by atoms with E-state index in [1.165, 1.54) is 15.3 Å². The second kappa shape index (κ2) is 5.54. The summed E-state index contributed by atoms with van der Waals surface area (Å²) in [5.74, 6) is 0. The summed E-state index contributed by atoms with van der Waals surface area (Å²) in [4.78, 5) is 2.60. The maximum Gasteiger partial charge on any atom is 0.0934 e. The van der Waals surface area contributed by atoms with Crippen LogP contribution in [0.25, 0.3) is 10.4 Å². The van der Waals surface area contributed by atoms with Crippen LogP contribution in [-0.2, 0) is 0 Å². The minimum Gasteiger partial charge on any atom is -0.149 e. The summed E-state index contributed by atoms with van der Waals surface area (Å²) in [6.07, 6.45) is 0. The largest absolute Gasteiger partial charge is 0.149 e. The van der Waals surface area contributed by atoms with Crippen LogP contribution in [0.1, 0.15) is 18.7 Å². The van der Waals surface area contributed by atoms with Gasteiger partial charge in [-0.1, -0.05) is 25.4 Å². The average molecular weight is 245 g/mol. The van der Waals surface area contributed by atoms with E-state index in [1.54, 1.807) is 22.7 Å². The van der Waals surface area contributed by atoms with Crippen LogP contribution >= 0.6 is 34.3 Å². The van der Waals surface area contributed by atoms with Crippen molar-refractivity contribution in [3.8, 4) is 10.4 Å². The van der Waals surface area contributed by atoms with Crippen LogP contribution in [0.3, 0.4) is 0 Å². The molecule has 0 saturated carbocycles. The van der Waals surface area contributed by atoms with Gasteiger partial charge >= 0.3 is 0 Å². The fraction of sp³-hybridized carbons (Fsp3) is 0.273. The lowest BCUT2D eigenvalue weighted by Gasteiger charge is -1.86. The van der Waals surface area contributed by atoms with E-state index in [9.17, 15) is 0 Å². The lowest BCUT2D eigenvalue weighted by atomic mass is 10.3. The molecule has 0 bridgehead atoms. The van der Waals surface area contributed by atoms with Gasteiger partial charge in [0.05, 0.1) is 4.34 Å². The molecule has 0 fully saturated rings. The Morgan fingerprint density at radius 3 is 2.36 bits per heavy atom. The smallest absolute Gasteiger partial charge is 0.0934 e. The van der Waals surface area contributed by atoms with Crippen molar-refractivity contribution in [1.29, 1.82) is 0 Å². The maximum atomic E-state index is 5.84. The summed E-state index contributed by atoms with van der Waals surface area (Å²) in [6.45, 7) is 6.11. The molecule has 0 aliphatic carbocycles. The van der Waals surface area contributed by atoms with E-state index in [-0.39, 0.29) is 0 Å². The molecule has 0 aromatic carbocycles. The van der Waals surface area contributed by atoms with Crippen LogP contribution in [0.4, 0.5) is 0 Å². The highest BCUT2D eigenvalue weighted by atomic mass is 35.5. The Kier molecular flexibility index (Phi) is 4.66. The van der Waals surface area contributed by atoms with Gasteiger partial charge in [-0.15, -0.1) is 22.7 Å². The standard InChI is InChI=1S/C9H7ClS2.C2H6/c1-6-4-7(5-11-6)8-2-3-9(10)12-8;1-2/h2-5H,1H3;1-2H3. The Labute approximate surface area is 98.2 Å². The quantitative estimate of drug-likeness (QED) is 0.625. The lowest BCUT2D eigenvalue weighted by Crippen LogP contribution is -1.60. The molecule has 0 aliphatic rings. The first kappa shape index (κ1) is 11.8. The molecule has 0 saturated heterocycles. The zero-order valence-electron chi connectivity index (χ0n) is 8.50. The van der Waals surface area contributed by atoms with Crippen molar-refractivity contribution in [3.63, 3.8) is 0 Å². The van der Waals surface area contributed by atoms with Gasteiger partial charge in [0.25, 0.3) is 0 Å². The number of aryl methyl sites for hydroxylation is 1. The molecule has 3 heteroatoms. The molecule has 0 amide bonds. The first-order valence-electron chi connectivity index (χ1n) is 4.56. The third-order valence-corrected chi connectivity index (χ3v) is 3.73. The molecule has 14 heavy (non-hydrogen) atoms. The molecule has 0 atom stereocenters. The maximum absolute atomic E-state index is 5.84. The van der Waals surface area contributed by atoms with Gasteiger partial charge in [0.1, 0.15) is 0 Å². The molecule has 0 nitrogen and oxygen atoms in total. The van der Waals surface area contributed by atoms with Crippen LogP contribution in [0.15, 0.2) is 23.6 Å². The van der Waals surface area contributed by atoms with E-state index >= 15 is 0 Å². The predicted octanol–water partition coefficient (Wildman–Crippen LogP) is 5.46. The second-order valence-corrected chi connectivity index (χ2v) is 5.38. The number of thiophene rings is 2. The Hall–Kier alpha value is -0.310. The van der Waals surface area contributed by atoms with Crippen molar-refractivity contribution < 1.29 is 0 Å². The van der Waals surface area contributed by atoms with Gasteiger partial charge in [-0.05, 0) is 30.5 Å². The van der Waals surface area contributed by atoms with Gasteiger partial charge in [0, 0.05) is 15.3 Å². The normalized spacial score (nSPS) is 9.43. The molecular weight excluding hydrogens is 232 g/mol. The Morgan fingerprint density at radius 2 is 1.93 bits per heavy atom. The zero-order chi connectivity index (χ0) is 10.6. The molecule has 0 aliphatic heterocycles. The molecule has 2 aromatic heterocycles. The average Bonchev–Trinajstić information content (AvgIpc) is 2.78. The summed E-state index contributed by atoms with van der Waals surface area (Å²) in [5, 5.41) is 2.16. The van der Waals surface area contributed by atoms with E-state index in [0.29, 0.717) is 0 Å². The third-order valence-electron chi connectivity index (χ3n) is 1.59. The van der Waals surface area contributed by atoms with Gasteiger partial charge in [-0.3, -0.25) is 0 Å². The first-order valence-corrected chi connectivity index (χ1v) is 6.64. The van der Waals surface area contributed by atoms with Crippen molar-refractivity contribution in [3.05, 3.63) is 32.8 Å². The minimum atomic E-state index is 0.855. The first-order chi connectivity index (χ1) is 6.75. The van der Waals surface area contributed by atoms with E-state index < -0.39 is 0 Å². The van der Waals surface area contributed by atoms with Gasteiger partial charge in [0.15, 0.2) is 0 Å². The second-order valence-electron chi connectivity index (χ2n) is 2.55. The van der Waals surface area contributed by atoms with Crippen LogP contribution < -0.4 is 0 Å². The third kappa shape index (κ3) is 2.84. The van der Waals surface area contributed by atoms with E-state index in [2.05, 4.69) is 24.4 Å². The Morgan fingerprint density at radius 1 is 1.21 bits per heavy atom. The summed E-state index contributed by atoms with van der Waals surface area (Å²) < 4.78 is 0.855. The molecule has 0 unspecified atom stereocenters. The SMILES string of the molecule is CC.Cc1cc(-c2ccc(Cl)s2)cs1. The van der Waals surface area contributed by atoms with Gasteiger partial charge in [0.2, 0.25) is 0 Å². The highest BCUT2D eigenvalue weighted by Crippen LogP contribution is 2.33. The van der Waals surface area contributed by atoms with Crippen LogP contribution in [0.5, 0.6) is 0 Å². The molecule has 2 aromatic rings. The molecule has 0 spiro atoms. The Bertz CT molecular complexity index is 349. The molecule has 0 radical (unpaired) electrons. The summed E-state index contributed by atoms with van der Waals surface area (Å²) >= 11 is 9.24. The fourth-order valence-corrected chi connectivity index (χ4v) is 2.85.